The Balaban J connectivity index is 1.59. The van der Waals surface area contributed by atoms with E-state index in [-0.39, 0.29) is 0 Å². The first-order chi connectivity index (χ1) is 12.7. The molecule has 26 heavy (non-hydrogen) atoms. The highest BCUT2D eigenvalue weighted by atomic mass is 19.1. The standard InChI is InChI=1S/C24H36FN/c1-2-6-20-9-13-22(14-10-20)17-18-23-15-11-21(12-16-23)7-4-3-5-8-24(25)19-26/h3,5,8,17-18,20-23H,2,4,6-7,9-16H2,1H3/b5-3?,18-17+,24-8?. The lowest BCUT2D eigenvalue weighted by Crippen LogP contribution is -2.15. The van der Waals surface area contributed by atoms with Crippen LogP contribution in [-0.2, 0) is 0 Å². The summed E-state index contributed by atoms with van der Waals surface area (Å²) in [4.78, 5) is 0. The summed E-state index contributed by atoms with van der Waals surface area (Å²) in [7, 11) is 0. The van der Waals surface area contributed by atoms with E-state index >= 15 is 0 Å². The highest BCUT2D eigenvalue weighted by Crippen LogP contribution is 2.35. The fourth-order valence-electron chi connectivity index (χ4n) is 4.68. The molecule has 0 N–H and O–H groups in total. The minimum absolute atomic E-state index is 0.715. The van der Waals surface area contributed by atoms with Crippen molar-refractivity contribution < 1.29 is 4.39 Å². The van der Waals surface area contributed by atoms with E-state index in [0.29, 0.717) is 0 Å². The molecule has 0 aromatic heterocycles. The van der Waals surface area contributed by atoms with Gasteiger partial charge in [-0.2, -0.15) is 9.65 Å². The SMILES string of the molecule is CCCC1CCC(/C=C/C2CCC(CCC=CC=C(F)C#N)CC2)CC1. The van der Waals surface area contributed by atoms with E-state index in [2.05, 4.69) is 19.1 Å². The Morgan fingerprint density at radius 2 is 1.46 bits per heavy atom. The summed E-state index contributed by atoms with van der Waals surface area (Å²) in [5, 5.41) is 8.35. The number of halogens is 1. The molecule has 0 bridgehead atoms. The number of hydrogen-bond donors (Lipinski definition) is 0. The second-order valence-corrected chi connectivity index (χ2v) is 8.37. The topological polar surface area (TPSA) is 23.8 Å². The van der Waals surface area contributed by atoms with E-state index in [4.69, 9.17) is 5.26 Å². The molecule has 0 amide bonds. The molecule has 2 aliphatic rings. The molecule has 2 rings (SSSR count). The van der Waals surface area contributed by atoms with Gasteiger partial charge in [0.1, 0.15) is 6.07 Å². The van der Waals surface area contributed by atoms with Gasteiger partial charge in [0, 0.05) is 0 Å². The molecule has 0 saturated heterocycles. The smallest absolute Gasteiger partial charge is 0.195 e. The first-order valence-electron chi connectivity index (χ1n) is 10.8. The molecule has 144 valence electrons. The number of nitrogens with zero attached hydrogens (tertiary/aromatic N) is 1. The van der Waals surface area contributed by atoms with Gasteiger partial charge in [0.2, 0.25) is 0 Å². The van der Waals surface area contributed by atoms with Crippen LogP contribution in [0.2, 0.25) is 0 Å². The lowest BCUT2D eigenvalue weighted by atomic mass is 9.77. The van der Waals surface area contributed by atoms with Gasteiger partial charge in [-0.25, -0.2) is 0 Å². The Morgan fingerprint density at radius 3 is 1.96 bits per heavy atom. The molecule has 0 atom stereocenters. The predicted octanol–water partition coefficient (Wildman–Crippen LogP) is 7.67. The van der Waals surface area contributed by atoms with Crippen molar-refractivity contribution in [1.82, 2.24) is 0 Å². The minimum Gasteiger partial charge on any atom is -0.195 e. The fraction of sp³-hybridized carbons (Fsp3) is 0.708. The van der Waals surface area contributed by atoms with Crippen LogP contribution < -0.4 is 0 Å². The van der Waals surface area contributed by atoms with Crippen LogP contribution in [0.4, 0.5) is 4.39 Å². The van der Waals surface area contributed by atoms with Crippen molar-refractivity contribution in [2.75, 3.05) is 0 Å². The lowest BCUT2D eigenvalue weighted by Gasteiger charge is -2.28. The lowest BCUT2D eigenvalue weighted by molar-refractivity contribution is 0.286. The predicted molar refractivity (Wildman–Crippen MR) is 108 cm³/mol. The van der Waals surface area contributed by atoms with Crippen LogP contribution in [0, 0.1) is 35.0 Å². The Hall–Kier alpha value is -1.36. The molecular formula is C24H36FN. The first kappa shape index (κ1) is 20.9. The van der Waals surface area contributed by atoms with Crippen molar-refractivity contribution in [2.24, 2.45) is 23.7 Å². The van der Waals surface area contributed by atoms with Crippen molar-refractivity contribution in [3.8, 4) is 6.07 Å². The summed E-state index contributed by atoms with van der Waals surface area (Å²) >= 11 is 0. The van der Waals surface area contributed by atoms with Gasteiger partial charge in [-0.15, -0.1) is 0 Å². The van der Waals surface area contributed by atoms with Crippen LogP contribution in [0.1, 0.15) is 84.0 Å². The second kappa shape index (κ2) is 12.1. The third kappa shape index (κ3) is 7.90. The fourth-order valence-corrected chi connectivity index (χ4v) is 4.68. The van der Waals surface area contributed by atoms with Crippen molar-refractivity contribution >= 4 is 0 Å². The largest absolute Gasteiger partial charge is 0.199 e. The summed E-state index contributed by atoms with van der Waals surface area (Å²) in [6.45, 7) is 2.31. The van der Waals surface area contributed by atoms with E-state index < -0.39 is 5.83 Å². The molecular weight excluding hydrogens is 321 g/mol. The van der Waals surface area contributed by atoms with E-state index in [1.807, 2.05) is 6.08 Å². The summed E-state index contributed by atoms with van der Waals surface area (Å²) in [6.07, 6.45) is 26.0. The molecule has 0 heterocycles. The highest BCUT2D eigenvalue weighted by Gasteiger charge is 2.21. The first-order valence-corrected chi connectivity index (χ1v) is 10.8. The zero-order chi connectivity index (χ0) is 18.6. The van der Waals surface area contributed by atoms with Gasteiger partial charge in [0.15, 0.2) is 5.83 Å². The second-order valence-electron chi connectivity index (χ2n) is 8.37. The van der Waals surface area contributed by atoms with Crippen LogP contribution in [0.5, 0.6) is 0 Å². The Bertz CT molecular complexity index is 509. The number of rotatable bonds is 8. The van der Waals surface area contributed by atoms with E-state index in [1.165, 1.54) is 82.8 Å². The Labute approximate surface area is 160 Å². The molecule has 0 spiro atoms. The van der Waals surface area contributed by atoms with Crippen LogP contribution in [0.25, 0.3) is 0 Å². The van der Waals surface area contributed by atoms with E-state index in [1.54, 1.807) is 6.08 Å². The van der Waals surface area contributed by atoms with Crippen molar-refractivity contribution in [1.29, 1.82) is 5.26 Å². The zero-order valence-corrected chi connectivity index (χ0v) is 16.5. The molecule has 1 nitrogen and oxygen atoms in total. The van der Waals surface area contributed by atoms with E-state index in [9.17, 15) is 4.39 Å². The molecule has 2 fully saturated rings. The van der Waals surface area contributed by atoms with Crippen LogP contribution in [-0.4, -0.2) is 0 Å². The van der Waals surface area contributed by atoms with Crippen LogP contribution >= 0.6 is 0 Å². The quantitative estimate of drug-likeness (QED) is 0.248. The number of nitriles is 1. The van der Waals surface area contributed by atoms with Crippen molar-refractivity contribution in [2.45, 2.75) is 84.0 Å². The molecule has 0 aliphatic heterocycles. The van der Waals surface area contributed by atoms with Crippen molar-refractivity contribution in [3.05, 3.63) is 36.2 Å². The van der Waals surface area contributed by atoms with Crippen LogP contribution in [0.15, 0.2) is 36.2 Å². The van der Waals surface area contributed by atoms with Gasteiger partial charge in [0.25, 0.3) is 0 Å². The van der Waals surface area contributed by atoms with Gasteiger partial charge >= 0.3 is 0 Å². The van der Waals surface area contributed by atoms with Gasteiger partial charge in [-0.05, 0) is 94.0 Å². The Morgan fingerprint density at radius 1 is 0.923 bits per heavy atom. The summed E-state index contributed by atoms with van der Waals surface area (Å²) in [5.74, 6) is 2.74. The average molecular weight is 358 g/mol. The molecule has 2 saturated carbocycles. The number of hydrogen-bond acceptors (Lipinski definition) is 1. The third-order valence-corrected chi connectivity index (χ3v) is 6.36. The van der Waals surface area contributed by atoms with Gasteiger partial charge < -0.3 is 0 Å². The Kier molecular flexibility index (Phi) is 9.75. The zero-order valence-electron chi connectivity index (χ0n) is 16.5. The maximum Gasteiger partial charge on any atom is 0.199 e. The molecule has 2 aliphatic carbocycles. The van der Waals surface area contributed by atoms with Crippen molar-refractivity contribution in [3.63, 3.8) is 0 Å². The van der Waals surface area contributed by atoms with Gasteiger partial charge in [-0.1, -0.05) is 44.1 Å². The normalized spacial score (nSPS) is 30.7. The summed E-state index contributed by atoms with van der Waals surface area (Å²) in [5.41, 5.74) is 0. The number of allylic oxidation sites excluding steroid dienone is 6. The van der Waals surface area contributed by atoms with Gasteiger partial charge in [-0.3, -0.25) is 0 Å². The van der Waals surface area contributed by atoms with Gasteiger partial charge in [0.05, 0.1) is 0 Å². The maximum atomic E-state index is 12.7. The molecule has 2 heteroatoms. The van der Waals surface area contributed by atoms with Crippen LogP contribution in [0.3, 0.4) is 0 Å². The van der Waals surface area contributed by atoms with E-state index in [0.717, 1.165) is 30.1 Å². The monoisotopic (exact) mass is 357 g/mol. The molecule has 0 aromatic rings. The molecule has 0 unspecified atom stereocenters. The molecule has 0 radical (unpaired) electrons. The molecule has 0 aromatic carbocycles. The third-order valence-electron chi connectivity index (χ3n) is 6.36. The average Bonchev–Trinajstić information content (AvgIpc) is 2.68. The highest BCUT2D eigenvalue weighted by molar-refractivity contribution is 5.18. The maximum absolute atomic E-state index is 12.7. The summed E-state index contributed by atoms with van der Waals surface area (Å²) in [6, 6.07) is 1.49. The minimum atomic E-state index is -0.715. The summed E-state index contributed by atoms with van der Waals surface area (Å²) < 4.78 is 12.7.